The lowest BCUT2D eigenvalue weighted by molar-refractivity contribution is 0.0995. The molecule has 2 rings (SSSR count). The summed E-state index contributed by atoms with van der Waals surface area (Å²) >= 11 is 5.90. The molecule has 0 aliphatic carbocycles. The summed E-state index contributed by atoms with van der Waals surface area (Å²) in [6, 6.07) is 5.19. The second-order valence-corrected chi connectivity index (χ2v) is 4.90. The third-order valence-corrected chi connectivity index (χ3v) is 3.30. The van der Waals surface area contributed by atoms with Crippen molar-refractivity contribution in [3.05, 3.63) is 28.8 Å². The highest BCUT2D eigenvalue weighted by molar-refractivity contribution is 6.30. The zero-order valence-corrected chi connectivity index (χ0v) is 10.9. The molecule has 1 amide bonds. The smallest absolute Gasteiger partial charge is 0.252 e. The molecule has 1 fully saturated rings. The molecule has 1 atom stereocenters. The fraction of sp³-hybridized carbons (Fsp3) is 0.462. The van der Waals surface area contributed by atoms with E-state index in [0.717, 1.165) is 13.0 Å². The highest BCUT2D eigenvalue weighted by Gasteiger charge is 2.15. The van der Waals surface area contributed by atoms with Gasteiger partial charge in [0.15, 0.2) is 0 Å². The summed E-state index contributed by atoms with van der Waals surface area (Å²) in [5.41, 5.74) is 5.67. The van der Waals surface area contributed by atoms with Crippen LogP contribution in [0.5, 0.6) is 5.75 Å². The number of halogens is 1. The van der Waals surface area contributed by atoms with E-state index in [2.05, 4.69) is 5.32 Å². The fourth-order valence-electron chi connectivity index (χ4n) is 2.08. The number of nitrogens with one attached hydrogen (secondary N) is 1. The molecule has 3 N–H and O–H groups in total. The second-order valence-electron chi connectivity index (χ2n) is 4.46. The number of rotatable bonds is 4. The van der Waals surface area contributed by atoms with Crippen LogP contribution in [0.2, 0.25) is 5.02 Å². The first-order valence-corrected chi connectivity index (χ1v) is 6.50. The largest absolute Gasteiger partial charge is 0.491 e. The van der Waals surface area contributed by atoms with Crippen LogP contribution >= 0.6 is 11.6 Å². The molecular weight excluding hydrogens is 252 g/mol. The molecule has 1 aromatic rings. The summed E-state index contributed by atoms with van der Waals surface area (Å²) in [4.78, 5) is 11.3. The Morgan fingerprint density at radius 2 is 2.33 bits per heavy atom. The summed E-state index contributed by atoms with van der Waals surface area (Å²) in [5, 5.41) is 3.91. The van der Waals surface area contributed by atoms with Crippen LogP contribution in [0, 0.1) is 0 Å². The van der Waals surface area contributed by atoms with Crippen molar-refractivity contribution in [3.63, 3.8) is 0 Å². The molecule has 0 radical (unpaired) electrons. The van der Waals surface area contributed by atoms with E-state index in [4.69, 9.17) is 22.1 Å². The van der Waals surface area contributed by atoms with Gasteiger partial charge in [0.2, 0.25) is 0 Å². The number of hydrogen-bond donors (Lipinski definition) is 2. The first-order valence-electron chi connectivity index (χ1n) is 6.12. The van der Waals surface area contributed by atoms with E-state index in [1.54, 1.807) is 18.2 Å². The van der Waals surface area contributed by atoms with Gasteiger partial charge in [-0.1, -0.05) is 18.0 Å². The van der Waals surface area contributed by atoms with Crippen LogP contribution in [0.15, 0.2) is 18.2 Å². The summed E-state index contributed by atoms with van der Waals surface area (Å²) < 4.78 is 5.67. The van der Waals surface area contributed by atoms with Gasteiger partial charge in [-0.2, -0.15) is 0 Å². The number of piperidine rings is 1. The SMILES string of the molecule is NC(=O)c1ccc(Cl)cc1OCC1CCCCN1. The number of benzene rings is 1. The van der Waals surface area contributed by atoms with E-state index < -0.39 is 5.91 Å². The second kappa shape index (κ2) is 6.07. The van der Waals surface area contributed by atoms with Crippen LogP contribution in [-0.4, -0.2) is 25.1 Å². The Morgan fingerprint density at radius 1 is 1.50 bits per heavy atom. The highest BCUT2D eigenvalue weighted by Crippen LogP contribution is 2.23. The van der Waals surface area contributed by atoms with E-state index in [-0.39, 0.29) is 0 Å². The van der Waals surface area contributed by atoms with Crippen molar-refractivity contribution in [3.8, 4) is 5.75 Å². The van der Waals surface area contributed by atoms with E-state index in [1.807, 2.05) is 0 Å². The maximum atomic E-state index is 11.3. The van der Waals surface area contributed by atoms with Crippen LogP contribution in [0.4, 0.5) is 0 Å². The summed E-state index contributed by atoms with van der Waals surface area (Å²) in [6.07, 6.45) is 3.51. The monoisotopic (exact) mass is 268 g/mol. The van der Waals surface area contributed by atoms with Gasteiger partial charge in [-0.05, 0) is 37.6 Å². The number of carbonyl (C=O) groups excluding carboxylic acids is 1. The summed E-state index contributed by atoms with van der Waals surface area (Å²) in [6.45, 7) is 1.55. The normalized spacial score (nSPS) is 19.5. The van der Waals surface area contributed by atoms with Crippen LogP contribution in [0.1, 0.15) is 29.6 Å². The van der Waals surface area contributed by atoms with E-state index in [9.17, 15) is 4.79 Å². The molecule has 0 spiro atoms. The van der Waals surface area contributed by atoms with Gasteiger partial charge in [0.05, 0.1) is 5.56 Å². The van der Waals surface area contributed by atoms with Crippen molar-refractivity contribution in [1.29, 1.82) is 0 Å². The zero-order valence-electron chi connectivity index (χ0n) is 10.1. The number of hydrogen-bond acceptors (Lipinski definition) is 3. The van der Waals surface area contributed by atoms with Gasteiger partial charge in [-0.3, -0.25) is 4.79 Å². The summed E-state index contributed by atoms with van der Waals surface area (Å²) in [5.74, 6) is -0.0411. The molecule has 1 unspecified atom stereocenters. The lowest BCUT2D eigenvalue weighted by Crippen LogP contribution is -2.38. The Labute approximate surface area is 111 Å². The van der Waals surface area contributed by atoms with Crippen LogP contribution in [0.25, 0.3) is 0 Å². The standard InChI is InChI=1S/C13H17ClN2O2/c14-9-4-5-11(13(15)17)12(7-9)18-8-10-3-1-2-6-16-10/h4-5,7,10,16H,1-3,6,8H2,(H2,15,17). The number of carbonyl (C=O) groups is 1. The maximum Gasteiger partial charge on any atom is 0.252 e. The van der Waals surface area contributed by atoms with Crippen LogP contribution in [0.3, 0.4) is 0 Å². The Kier molecular flexibility index (Phi) is 4.44. The number of ether oxygens (including phenoxy) is 1. The molecule has 1 heterocycles. The van der Waals surface area contributed by atoms with Gasteiger partial charge < -0.3 is 15.8 Å². The molecule has 5 heteroatoms. The molecule has 1 saturated heterocycles. The molecule has 0 saturated carbocycles. The van der Waals surface area contributed by atoms with Gasteiger partial charge in [0.25, 0.3) is 5.91 Å². The predicted molar refractivity (Wildman–Crippen MR) is 71.1 cm³/mol. The average molecular weight is 269 g/mol. The van der Waals surface area contributed by atoms with Gasteiger partial charge in [-0.25, -0.2) is 0 Å². The van der Waals surface area contributed by atoms with Crippen molar-refractivity contribution in [2.75, 3.05) is 13.2 Å². The van der Waals surface area contributed by atoms with Gasteiger partial charge >= 0.3 is 0 Å². The third-order valence-electron chi connectivity index (χ3n) is 3.06. The molecule has 1 aliphatic heterocycles. The van der Waals surface area contributed by atoms with E-state index >= 15 is 0 Å². The van der Waals surface area contributed by atoms with Crippen molar-refractivity contribution in [2.24, 2.45) is 5.73 Å². The quantitative estimate of drug-likeness (QED) is 0.877. The fourth-order valence-corrected chi connectivity index (χ4v) is 2.24. The van der Waals surface area contributed by atoms with E-state index in [0.29, 0.717) is 29.0 Å². The maximum absolute atomic E-state index is 11.3. The molecule has 1 aromatic carbocycles. The number of nitrogens with two attached hydrogens (primary N) is 1. The van der Waals surface area contributed by atoms with Crippen LogP contribution in [-0.2, 0) is 0 Å². The molecular formula is C13H17ClN2O2. The molecule has 0 aromatic heterocycles. The average Bonchev–Trinajstić information content (AvgIpc) is 2.37. The van der Waals surface area contributed by atoms with E-state index in [1.165, 1.54) is 12.8 Å². The minimum Gasteiger partial charge on any atom is -0.491 e. The Bertz CT molecular complexity index is 431. The zero-order chi connectivity index (χ0) is 13.0. The summed E-state index contributed by atoms with van der Waals surface area (Å²) in [7, 11) is 0. The van der Waals surface area contributed by atoms with Crippen molar-refractivity contribution in [1.82, 2.24) is 5.32 Å². The molecule has 18 heavy (non-hydrogen) atoms. The lowest BCUT2D eigenvalue weighted by atomic mass is 10.1. The number of amides is 1. The van der Waals surface area contributed by atoms with Gasteiger partial charge in [0.1, 0.15) is 12.4 Å². The van der Waals surface area contributed by atoms with Gasteiger partial charge in [0, 0.05) is 11.1 Å². The van der Waals surface area contributed by atoms with Crippen molar-refractivity contribution >= 4 is 17.5 Å². The van der Waals surface area contributed by atoms with Crippen LogP contribution < -0.4 is 15.8 Å². The molecule has 1 aliphatic rings. The molecule has 98 valence electrons. The molecule has 4 nitrogen and oxygen atoms in total. The predicted octanol–water partition coefficient (Wildman–Crippen LogP) is 1.96. The minimum absolute atomic E-state index is 0.332. The van der Waals surface area contributed by atoms with Crippen molar-refractivity contribution in [2.45, 2.75) is 25.3 Å². The Balaban J connectivity index is 2.03. The Hall–Kier alpha value is -1.26. The lowest BCUT2D eigenvalue weighted by Gasteiger charge is -2.23. The third kappa shape index (κ3) is 3.37. The first-order chi connectivity index (χ1) is 8.66. The number of primary amides is 1. The topological polar surface area (TPSA) is 64.4 Å². The Morgan fingerprint density at radius 3 is 3.00 bits per heavy atom. The highest BCUT2D eigenvalue weighted by atomic mass is 35.5. The minimum atomic E-state index is -0.502. The van der Waals surface area contributed by atoms with Crippen molar-refractivity contribution < 1.29 is 9.53 Å². The van der Waals surface area contributed by atoms with Gasteiger partial charge in [-0.15, -0.1) is 0 Å². The first kappa shape index (κ1) is 13.2. The molecule has 0 bridgehead atoms.